The Kier molecular flexibility index (Phi) is 5.23. The Bertz CT molecular complexity index is 620. The van der Waals surface area contributed by atoms with Gasteiger partial charge in [-0.25, -0.2) is 14.8 Å². The fraction of sp³-hybridized carbons (Fsp3) is 0.154. The molecule has 0 atom stereocenters. The Morgan fingerprint density at radius 2 is 2.00 bits per heavy atom. The van der Waals surface area contributed by atoms with Gasteiger partial charge < -0.3 is 4.74 Å². The van der Waals surface area contributed by atoms with Crippen LogP contribution in [0.3, 0.4) is 0 Å². The lowest BCUT2D eigenvalue weighted by molar-refractivity contribution is 0.0727. The summed E-state index contributed by atoms with van der Waals surface area (Å²) >= 11 is 13.1. The molecule has 0 saturated carbocycles. The number of nitrogens with zero attached hydrogens (tertiary/aromatic N) is 2. The highest BCUT2D eigenvalue weighted by atomic mass is 35.5. The first-order valence-electron chi connectivity index (χ1n) is 5.73. The summed E-state index contributed by atoms with van der Waals surface area (Å²) in [5, 5.41) is 1.20. The molecule has 7 heteroatoms. The average Bonchev–Trinajstić information content (AvgIpc) is 2.43. The van der Waals surface area contributed by atoms with Crippen molar-refractivity contribution in [1.29, 1.82) is 0 Å². The molecular weight excluding hydrogens is 319 g/mol. The van der Waals surface area contributed by atoms with Crippen molar-refractivity contribution in [2.75, 3.05) is 5.75 Å². The number of rotatable bonds is 4. The van der Waals surface area contributed by atoms with E-state index < -0.39 is 5.97 Å². The highest BCUT2D eigenvalue weighted by Crippen LogP contribution is 2.21. The van der Waals surface area contributed by atoms with E-state index in [1.807, 2.05) is 6.92 Å². The number of carbonyl (C=O) groups is 1. The molecule has 0 radical (unpaired) electrons. The van der Waals surface area contributed by atoms with E-state index in [-0.39, 0.29) is 10.7 Å². The van der Waals surface area contributed by atoms with Gasteiger partial charge in [0, 0.05) is 5.02 Å². The van der Waals surface area contributed by atoms with Crippen LogP contribution in [0.25, 0.3) is 0 Å². The molecule has 0 aliphatic heterocycles. The topological polar surface area (TPSA) is 52.1 Å². The van der Waals surface area contributed by atoms with Crippen LogP contribution in [0.2, 0.25) is 10.0 Å². The van der Waals surface area contributed by atoms with Gasteiger partial charge in [0.2, 0.25) is 0 Å². The second-order valence-electron chi connectivity index (χ2n) is 3.63. The molecule has 0 amide bonds. The first-order chi connectivity index (χ1) is 9.60. The van der Waals surface area contributed by atoms with E-state index in [1.165, 1.54) is 18.0 Å². The third kappa shape index (κ3) is 3.85. The minimum absolute atomic E-state index is 0.0487. The zero-order valence-electron chi connectivity index (χ0n) is 10.5. The van der Waals surface area contributed by atoms with E-state index in [0.29, 0.717) is 15.9 Å². The standard InChI is InChI=1S/C13H10Cl2N2O2S/c1-2-20-13-16-7-10(15)11(17-13)12(18)19-9-5-3-8(14)4-6-9/h3-7H,2H2,1H3. The van der Waals surface area contributed by atoms with E-state index in [2.05, 4.69) is 9.97 Å². The normalized spacial score (nSPS) is 10.3. The van der Waals surface area contributed by atoms with Crippen LogP contribution in [0.15, 0.2) is 35.6 Å². The number of halogens is 2. The molecule has 0 saturated heterocycles. The molecule has 1 heterocycles. The molecule has 0 aliphatic rings. The molecule has 0 spiro atoms. The molecule has 1 aromatic heterocycles. The fourth-order valence-electron chi connectivity index (χ4n) is 1.35. The molecule has 1 aromatic carbocycles. The van der Waals surface area contributed by atoms with Crippen LogP contribution in [0, 0.1) is 0 Å². The van der Waals surface area contributed by atoms with Gasteiger partial charge in [-0.3, -0.25) is 0 Å². The Hall–Kier alpha value is -1.30. The molecule has 2 rings (SSSR count). The third-order valence-corrected chi connectivity index (χ3v) is 3.49. The molecule has 0 fully saturated rings. The number of hydrogen-bond acceptors (Lipinski definition) is 5. The molecule has 0 aliphatic carbocycles. The summed E-state index contributed by atoms with van der Waals surface area (Å²) in [6, 6.07) is 6.45. The molecule has 2 aromatic rings. The number of esters is 1. The zero-order chi connectivity index (χ0) is 14.5. The van der Waals surface area contributed by atoms with Gasteiger partial charge in [0.25, 0.3) is 0 Å². The summed E-state index contributed by atoms with van der Waals surface area (Å²) in [6.07, 6.45) is 1.39. The SMILES string of the molecule is CCSc1ncc(Cl)c(C(=O)Oc2ccc(Cl)cc2)n1. The summed E-state index contributed by atoms with van der Waals surface area (Å²) in [6.45, 7) is 1.97. The average molecular weight is 329 g/mol. The van der Waals surface area contributed by atoms with Gasteiger partial charge in [-0.2, -0.15) is 0 Å². The van der Waals surface area contributed by atoms with Crippen molar-refractivity contribution in [3.63, 3.8) is 0 Å². The number of ether oxygens (including phenoxy) is 1. The van der Waals surface area contributed by atoms with E-state index in [9.17, 15) is 4.79 Å². The predicted octanol–water partition coefficient (Wildman–Crippen LogP) is 4.11. The van der Waals surface area contributed by atoms with Crippen LogP contribution >= 0.6 is 35.0 Å². The van der Waals surface area contributed by atoms with E-state index in [4.69, 9.17) is 27.9 Å². The Morgan fingerprint density at radius 1 is 1.30 bits per heavy atom. The zero-order valence-corrected chi connectivity index (χ0v) is 12.8. The lowest BCUT2D eigenvalue weighted by atomic mass is 10.3. The highest BCUT2D eigenvalue weighted by Gasteiger charge is 2.16. The molecule has 0 N–H and O–H groups in total. The summed E-state index contributed by atoms with van der Waals surface area (Å²) in [7, 11) is 0. The van der Waals surface area contributed by atoms with Crippen molar-refractivity contribution in [2.45, 2.75) is 12.1 Å². The van der Waals surface area contributed by atoms with Gasteiger partial charge in [-0.15, -0.1) is 0 Å². The minimum Gasteiger partial charge on any atom is -0.422 e. The van der Waals surface area contributed by atoms with Crippen molar-refractivity contribution in [1.82, 2.24) is 9.97 Å². The van der Waals surface area contributed by atoms with Gasteiger partial charge in [0.15, 0.2) is 10.9 Å². The summed E-state index contributed by atoms with van der Waals surface area (Å²) < 4.78 is 5.19. The summed E-state index contributed by atoms with van der Waals surface area (Å²) in [5.74, 6) is 0.546. The second-order valence-corrected chi connectivity index (χ2v) is 5.70. The number of carbonyl (C=O) groups excluding carboxylic acids is 1. The second kappa shape index (κ2) is 6.92. The summed E-state index contributed by atoms with van der Waals surface area (Å²) in [4.78, 5) is 20.2. The van der Waals surface area contributed by atoms with E-state index in [0.717, 1.165) is 5.75 Å². The lowest BCUT2D eigenvalue weighted by Crippen LogP contribution is -2.12. The third-order valence-electron chi connectivity index (χ3n) is 2.21. The molecule has 20 heavy (non-hydrogen) atoms. The Labute approximate surface area is 130 Å². The fourth-order valence-corrected chi connectivity index (χ4v) is 2.19. The predicted molar refractivity (Wildman–Crippen MR) is 79.9 cm³/mol. The largest absolute Gasteiger partial charge is 0.422 e. The maximum Gasteiger partial charge on any atom is 0.364 e. The maximum atomic E-state index is 12.0. The lowest BCUT2D eigenvalue weighted by Gasteiger charge is -2.06. The van der Waals surface area contributed by atoms with Crippen LogP contribution in [0.1, 0.15) is 17.4 Å². The monoisotopic (exact) mass is 328 g/mol. The Balaban J connectivity index is 2.19. The molecule has 0 unspecified atom stereocenters. The molecular formula is C13H10Cl2N2O2S. The van der Waals surface area contributed by atoms with Gasteiger partial charge >= 0.3 is 5.97 Å². The van der Waals surface area contributed by atoms with Crippen molar-refractivity contribution in [3.05, 3.63) is 46.2 Å². The van der Waals surface area contributed by atoms with Crippen LogP contribution in [0.4, 0.5) is 0 Å². The smallest absolute Gasteiger partial charge is 0.364 e. The first-order valence-corrected chi connectivity index (χ1v) is 7.47. The van der Waals surface area contributed by atoms with Crippen molar-refractivity contribution in [2.24, 2.45) is 0 Å². The minimum atomic E-state index is -0.627. The highest BCUT2D eigenvalue weighted by molar-refractivity contribution is 7.99. The van der Waals surface area contributed by atoms with E-state index in [1.54, 1.807) is 24.3 Å². The molecule has 4 nitrogen and oxygen atoms in total. The van der Waals surface area contributed by atoms with Crippen LogP contribution in [-0.4, -0.2) is 21.7 Å². The Morgan fingerprint density at radius 3 is 2.65 bits per heavy atom. The van der Waals surface area contributed by atoms with Crippen molar-refractivity contribution in [3.8, 4) is 5.75 Å². The van der Waals surface area contributed by atoms with Gasteiger partial charge in [-0.1, -0.05) is 41.9 Å². The quantitative estimate of drug-likeness (QED) is 0.366. The number of thioether (sulfide) groups is 1. The molecule has 0 bridgehead atoms. The van der Waals surface area contributed by atoms with Crippen LogP contribution in [-0.2, 0) is 0 Å². The number of hydrogen-bond donors (Lipinski definition) is 0. The van der Waals surface area contributed by atoms with E-state index >= 15 is 0 Å². The number of benzene rings is 1. The van der Waals surface area contributed by atoms with Gasteiger partial charge in [-0.05, 0) is 30.0 Å². The molecule has 104 valence electrons. The van der Waals surface area contributed by atoms with Crippen LogP contribution < -0.4 is 4.74 Å². The van der Waals surface area contributed by atoms with Crippen molar-refractivity contribution < 1.29 is 9.53 Å². The summed E-state index contributed by atoms with van der Waals surface area (Å²) in [5.41, 5.74) is 0.0487. The van der Waals surface area contributed by atoms with Crippen molar-refractivity contribution >= 4 is 40.9 Å². The van der Waals surface area contributed by atoms with Gasteiger partial charge in [0.05, 0.1) is 11.2 Å². The first kappa shape index (κ1) is 15.1. The maximum absolute atomic E-state index is 12.0. The van der Waals surface area contributed by atoms with Crippen LogP contribution in [0.5, 0.6) is 5.75 Å². The number of aromatic nitrogens is 2. The van der Waals surface area contributed by atoms with Gasteiger partial charge in [0.1, 0.15) is 5.75 Å².